The summed E-state index contributed by atoms with van der Waals surface area (Å²) in [6.07, 6.45) is 1.63. The number of hydrogen-bond donors (Lipinski definition) is 1. The van der Waals surface area contributed by atoms with E-state index in [2.05, 4.69) is 15.5 Å². The zero-order valence-corrected chi connectivity index (χ0v) is 16.4. The Hall–Kier alpha value is -2.87. The summed E-state index contributed by atoms with van der Waals surface area (Å²) >= 11 is 5.88. The van der Waals surface area contributed by atoms with Crippen molar-refractivity contribution in [2.75, 3.05) is 5.43 Å². The molecular weight excluding hydrogens is 368 g/mol. The van der Waals surface area contributed by atoms with Crippen molar-refractivity contribution < 1.29 is 0 Å². The number of nitrogens with zero attached hydrogens (tertiary/aromatic N) is 5. The molecule has 0 saturated carbocycles. The van der Waals surface area contributed by atoms with E-state index in [1.807, 2.05) is 26.0 Å². The Morgan fingerprint density at radius 2 is 1.85 bits per heavy atom. The van der Waals surface area contributed by atoms with Gasteiger partial charge < -0.3 is 4.57 Å². The maximum atomic E-state index is 12.7. The summed E-state index contributed by atoms with van der Waals surface area (Å²) in [6, 6.07) is 7.22. The fourth-order valence-corrected chi connectivity index (χ4v) is 2.91. The minimum absolute atomic E-state index is 0.269. The van der Waals surface area contributed by atoms with Gasteiger partial charge in [0.15, 0.2) is 11.2 Å². The van der Waals surface area contributed by atoms with Gasteiger partial charge in [-0.3, -0.25) is 13.9 Å². The monoisotopic (exact) mass is 388 g/mol. The molecule has 0 aliphatic carbocycles. The molecule has 142 valence electrons. The molecule has 3 rings (SSSR count). The van der Waals surface area contributed by atoms with Crippen molar-refractivity contribution in [2.24, 2.45) is 25.1 Å². The number of hydrogen-bond acceptors (Lipinski definition) is 5. The van der Waals surface area contributed by atoms with Gasteiger partial charge in [-0.05, 0) is 23.6 Å². The standard InChI is InChI=1S/C18H21ClN6O2/c1-11(2)10-25-14-15(23(3)18(27)24(4)16(14)26)21-17(25)22-20-9-12-5-7-13(19)8-6-12/h5-9,11H,10H2,1-4H3,(H,21,22)/b20-9+. The van der Waals surface area contributed by atoms with Crippen LogP contribution in [0.15, 0.2) is 39.0 Å². The van der Waals surface area contributed by atoms with Crippen LogP contribution in [0, 0.1) is 5.92 Å². The van der Waals surface area contributed by atoms with Crippen LogP contribution in [0.1, 0.15) is 19.4 Å². The number of nitrogens with one attached hydrogen (secondary N) is 1. The Balaban J connectivity index is 2.07. The van der Waals surface area contributed by atoms with Gasteiger partial charge in [-0.2, -0.15) is 10.1 Å². The van der Waals surface area contributed by atoms with E-state index < -0.39 is 5.69 Å². The number of imidazole rings is 1. The van der Waals surface area contributed by atoms with Gasteiger partial charge in [-0.1, -0.05) is 37.6 Å². The predicted octanol–water partition coefficient (Wildman–Crippen LogP) is 2.19. The summed E-state index contributed by atoms with van der Waals surface area (Å²) in [5.41, 5.74) is 3.65. The van der Waals surface area contributed by atoms with Crippen LogP contribution in [0.25, 0.3) is 11.2 Å². The summed E-state index contributed by atoms with van der Waals surface area (Å²) in [5.74, 6) is 0.673. The van der Waals surface area contributed by atoms with Crippen LogP contribution in [0.4, 0.5) is 5.95 Å². The third kappa shape index (κ3) is 3.66. The Bertz CT molecular complexity index is 1120. The van der Waals surface area contributed by atoms with Crippen LogP contribution in [-0.2, 0) is 20.6 Å². The Labute approximate surface area is 160 Å². The molecule has 0 aliphatic rings. The molecule has 0 aliphatic heterocycles. The summed E-state index contributed by atoms with van der Waals surface area (Å²) in [6.45, 7) is 4.64. The van der Waals surface area contributed by atoms with Gasteiger partial charge >= 0.3 is 5.69 Å². The minimum atomic E-state index is -0.419. The van der Waals surface area contributed by atoms with Gasteiger partial charge in [0.1, 0.15) is 0 Å². The topological polar surface area (TPSA) is 86.2 Å². The van der Waals surface area contributed by atoms with E-state index >= 15 is 0 Å². The third-order valence-electron chi connectivity index (χ3n) is 4.14. The molecule has 0 bridgehead atoms. The zero-order chi connectivity index (χ0) is 19.7. The smallest absolute Gasteiger partial charge is 0.303 e. The molecule has 3 aromatic rings. The molecule has 0 unspecified atom stereocenters. The van der Waals surface area contributed by atoms with Gasteiger partial charge in [0.2, 0.25) is 5.95 Å². The highest BCUT2D eigenvalue weighted by Gasteiger charge is 2.19. The molecule has 0 atom stereocenters. The normalized spacial score (nSPS) is 11.8. The van der Waals surface area contributed by atoms with Crippen LogP contribution in [-0.4, -0.2) is 24.9 Å². The first-order chi connectivity index (χ1) is 12.8. The van der Waals surface area contributed by atoms with Crippen LogP contribution < -0.4 is 16.7 Å². The summed E-state index contributed by atoms with van der Waals surface area (Å²) < 4.78 is 4.21. The van der Waals surface area contributed by atoms with Crippen LogP contribution in [0.2, 0.25) is 5.02 Å². The van der Waals surface area contributed by atoms with Gasteiger partial charge in [-0.15, -0.1) is 0 Å². The number of aryl methyl sites for hydroxylation is 1. The highest BCUT2D eigenvalue weighted by Crippen LogP contribution is 2.17. The molecular formula is C18H21ClN6O2. The number of hydrazone groups is 1. The molecule has 27 heavy (non-hydrogen) atoms. The Morgan fingerprint density at radius 1 is 1.19 bits per heavy atom. The summed E-state index contributed by atoms with van der Waals surface area (Å²) in [7, 11) is 3.06. The van der Waals surface area contributed by atoms with Gasteiger partial charge in [0.05, 0.1) is 6.21 Å². The largest absolute Gasteiger partial charge is 0.332 e. The molecule has 0 spiro atoms. The quantitative estimate of drug-likeness (QED) is 0.536. The van der Waals surface area contributed by atoms with Crippen LogP contribution >= 0.6 is 11.6 Å². The van der Waals surface area contributed by atoms with E-state index in [1.54, 1.807) is 30.0 Å². The molecule has 2 aromatic heterocycles. The second kappa shape index (κ2) is 7.40. The van der Waals surface area contributed by atoms with E-state index in [9.17, 15) is 9.59 Å². The fourth-order valence-electron chi connectivity index (χ4n) is 2.79. The molecule has 8 nitrogen and oxygen atoms in total. The SMILES string of the molecule is CC(C)Cn1c(N/N=C/c2ccc(Cl)cc2)nc2c1c(=O)n(C)c(=O)n2C. The van der Waals surface area contributed by atoms with Gasteiger partial charge in [0.25, 0.3) is 5.56 Å². The number of rotatable bonds is 5. The van der Waals surface area contributed by atoms with Gasteiger partial charge in [-0.25, -0.2) is 10.2 Å². The second-order valence-electron chi connectivity index (χ2n) is 6.74. The lowest BCUT2D eigenvalue weighted by Gasteiger charge is -2.11. The first-order valence-electron chi connectivity index (χ1n) is 8.50. The highest BCUT2D eigenvalue weighted by molar-refractivity contribution is 6.30. The number of fused-ring (bicyclic) bond motifs is 1. The van der Waals surface area contributed by atoms with E-state index in [0.717, 1.165) is 10.1 Å². The maximum Gasteiger partial charge on any atom is 0.332 e. The minimum Gasteiger partial charge on any atom is -0.303 e. The second-order valence-corrected chi connectivity index (χ2v) is 7.18. The van der Waals surface area contributed by atoms with E-state index in [4.69, 9.17) is 11.6 Å². The Kier molecular flexibility index (Phi) is 5.18. The van der Waals surface area contributed by atoms with Crippen LogP contribution in [0.5, 0.6) is 0 Å². The fraction of sp³-hybridized carbons (Fsp3) is 0.333. The van der Waals surface area contributed by atoms with E-state index in [1.165, 1.54) is 11.6 Å². The number of anilines is 1. The first-order valence-corrected chi connectivity index (χ1v) is 8.88. The molecule has 0 radical (unpaired) electrons. The lowest BCUT2D eigenvalue weighted by atomic mass is 10.2. The molecule has 2 heterocycles. The molecule has 0 saturated heterocycles. The predicted molar refractivity (Wildman–Crippen MR) is 108 cm³/mol. The number of benzene rings is 1. The first kappa shape index (κ1) is 18.9. The van der Waals surface area contributed by atoms with Crippen molar-refractivity contribution >= 4 is 34.9 Å². The average molecular weight is 389 g/mol. The van der Waals surface area contributed by atoms with Crippen molar-refractivity contribution in [1.82, 2.24) is 18.7 Å². The number of aromatic nitrogens is 4. The van der Waals surface area contributed by atoms with Crippen molar-refractivity contribution in [3.8, 4) is 0 Å². The van der Waals surface area contributed by atoms with Crippen molar-refractivity contribution in [2.45, 2.75) is 20.4 Å². The zero-order valence-electron chi connectivity index (χ0n) is 15.6. The highest BCUT2D eigenvalue weighted by atomic mass is 35.5. The van der Waals surface area contributed by atoms with Gasteiger partial charge in [0, 0.05) is 25.7 Å². The lowest BCUT2D eigenvalue weighted by Crippen LogP contribution is -2.37. The molecule has 9 heteroatoms. The lowest BCUT2D eigenvalue weighted by molar-refractivity contribution is 0.534. The van der Waals surface area contributed by atoms with E-state index in [-0.39, 0.29) is 11.5 Å². The maximum absolute atomic E-state index is 12.7. The van der Waals surface area contributed by atoms with Crippen molar-refractivity contribution in [3.63, 3.8) is 0 Å². The third-order valence-corrected chi connectivity index (χ3v) is 4.40. The van der Waals surface area contributed by atoms with Crippen molar-refractivity contribution in [3.05, 3.63) is 55.7 Å². The van der Waals surface area contributed by atoms with Crippen LogP contribution in [0.3, 0.4) is 0 Å². The average Bonchev–Trinajstić information content (AvgIpc) is 2.98. The molecule has 0 fully saturated rings. The summed E-state index contributed by atoms with van der Waals surface area (Å²) in [4.78, 5) is 29.3. The molecule has 1 aromatic carbocycles. The molecule has 0 amide bonds. The number of halogens is 1. The van der Waals surface area contributed by atoms with Crippen molar-refractivity contribution in [1.29, 1.82) is 0 Å². The Morgan fingerprint density at radius 3 is 2.48 bits per heavy atom. The summed E-state index contributed by atoms with van der Waals surface area (Å²) in [5, 5.41) is 4.86. The van der Waals surface area contributed by atoms with E-state index in [0.29, 0.717) is 28.7 Å². The molecule has 1 N–H and O–H groups in total.